The SMILES string of the molecule is CNCC(=O)NC(C)(C)CC(C)C. The third-order valence-electron chi connectivity index (χ3n) is 1.73. The zero-order valence-corrected chi connectivity index (χ0v) is 9.40. The van der Waals surface area contributed by atoms with E-state index in [2.05, 4.69) is 38.3 Å². The summed E-state index contributed by atoms with van der Waals surface area (Å²) in [6.45, 7) is 8.82. The number of likely N-dealkylation sites (N-methyl/N-ethyl adjacent to an activating group) is 1. The van der Waals surface area contributed by atoms with Gasteiger partial charge in [0.2, 0.25) is 5.91 Å². The number of hydrogen-bond donors (Lipinski definition) is 2. The molecule has 78 valence electrons. The molecular weight excluding hydrogens is 164 g/mol. The largest absolute Gasteiger partial charge is 0.350 e. The first-order valence-electron chi connectivity index (χ1n) is 4.83. The molecule has 0 spiro atoms. The number of carbonyl (C=O) groups excluding carboxylic acids is 1. The van der Waals surface area contributed by atoms with Crippen molar-refractivity contribution >= 4 is 5.91 Å². The lowest BCUT2D eigenvalue weighted by molar-refractivity contribution is -0.121. The van der Waals surface area contributed by atoms with Crippen LogP contribution in [0.1, 0.15) is 34.1 Å². The molecule has 0 aliphatic heterocycles. The molecule has 2 N–H and O–H groups in total. The molecule has 0 heterocycles. The van der Waals surface area contributed by atoms with Gasteiger partial charge in [-0.3, -0.25) is 4.79 Å². The summed E-state index contributed by atoms with van der Waals surface area (Å²) in [6, 6.07) is 0. The van der Waals surface area contributed by atoms with Crippen LogP contribution in [0.5, 0.6) is 0 Å². The highest BCUT2D eigenvalue weighted by molar-refractivity contribution is 5.78. The Kier molecular flexibility index (Phi) is 4.99. The van der Waals surface area contributed by atoms with Gasteiger partial charge in [0.05, 0.1) is 6.54 Å². The molecule has 0 aromatic rings. The summed E-state index contributed by atoms with van der Waals surface area (Å²) in [6.07, 6.45) is 1.00. The lowest BCUT2D eigenvalue weighted by Gasteiger charge is -2.28. The summed E-state index contributed by atoms with van der Waals surface area (Å²) < 4.78 is 0. The Morgan fingerprint density at radius 1 is 1.38 bits per heavy atom. The first-order chi connectivity index (χ1) is 5.87. The van der Waals surface area contributed by atoms with Crippen molar-refractivity contribution in [3.63, 3.8) is 0 Å². The quantitative estimate of drug-likeness (QED) is 0.676. The fourth-order valence-electron chi connectivity index (χ4n) is 1.65. The molecule has 0 bridgehead atoms. The summed E-state index contributed by atoms with van der Waals surface area (Å²) in [4.78, 5) is 11.3. The van der Waals surface area contributed by atoms with Crippen LogP contribution in [-0.2, 0) is 4.79 Å². The van der Waals surface area contributed by atoms with Crippen LogP contribution in [0.3, 0.4) is 0 Å². The molecule has 0 aromatic carbocycles. The van der Waals surface area contributed by atoms with Gasteiger partial charge in [0.1, 0.15) is 0 Å². The van der Waals surface area contributed by atoms with Crippen LogP contribution in [0.25, 0.3) is 0 Å². The van der Waals surface area contributed by atoms with E-state index in [1.165, 1.54) is 0 Å². The Hall–Kier alpha value is -0.570. The molecule has 0 radical (unpaired) electrons. The number of nitrogens with one attached hydrogen (secondary N) is 2. The minimum absolute atomic E-state index is 0.0631. The van der Waals surface area contributed by atoms with E-state index >= 15 is 0 Å². The van der Waals surface area contributed by atoms with Crippen LogP contribution in [-0.4, -0.2) is 25.0 Å². The monoisotopic (exact) mass is 186 g/mol. The van der Waals surface area contributed by atoms with Gasteiger partial charge in [0.25, 0.3) is 0 Å². The van der Waals surface area contributed by atoms with Gasteiger partial charge in [-0.25, -0.2) is 0 Å². The minimum atomic E-state index is -0.0951. The second-order valence-corrected chi connectivity index (χ2v) is 4.56. The molecule has 0 saturated heterocycles. The van der Waals surface area contributed by atoms with E-state index in [1.54, 1.807) is 7.05 Å². The summed E-state index contributed by atoms with van der Waals surface area (Å²) in [5.41, 5.74) is -0.0951. The molecule has 0 aliphatic rings. The van der Waals surface area contributed by atoms with Crippen molar-refractivity contribution in [2.75, 3.05) is 13.6 Å². The van der Waals surface area contributed by atoms with Gasteiger partial charge in [0, 0.05) is 5.54 Å². The third-order valence-corrected chi connectivity index (χ3v) is 1.73. The first-order valence-corrected chi connectivity index (χ1v) is 4.83. The van der Waals surface area contributed by atoms with E-state index in [-0.39, 0.29) is 11.4 Å². The Labute approximate surface area is 81.3 Å². The predicted molar refractivity (Wildman–Crippen MR) is 55.6 cm³/mol. The third kappa shape index (κ3) is 6.58. The zero-order chi connectivity index (χ0) is 10.5. The Morgan fingerprint density at radius 2 is 1.92 bits per heavy atom. The van der Waals surface area contributed by atoms with Crippen LogP contribution >= 0.6 is 0 Å². The maximum atomic E-state index is 11.3. The van der Waals surface area contributed by atoms with E-state index in [4.69, 9.17) is 0 Å². The molecule has 0 unspecified atom stereocenters. The van der Waals surface area contributed by atoms with Gasteiger partial charge >= 0.3 is 0 Å². The molecule has 0 saturated carbocycles. The number of carbonyl (C=O) groups is 1. The standard InChI is InChI=1S/C10H22N2O/c1-8(2)6-10(3,4)12-9(13)7-11-5/h8,11H,6-7H2,1-5H3,(H,12,13). The van der Waals surface area contributed by atoms with E-state index in [1.807, 2.05) is 0 Å². The first kappa shape index (κ1) is 12.4. The Bertz CT molecular complexity index is 164. The minimum Gasteiger partial charge on any atom is -0.350 e. The second-order valence-electron chi connectivity index (χ2n) is 4.56. The molecule has 13 heavy (non-hydrogen) atoms. The average Bonchev–Trinajstić information content (AvgIpc) is 1.81. The smallest absolute Gasteiger partial charge is 0.234 e. The highest BCUT2D eigenvalue weighted by atomic mass is 16.2. The summed E-state index contributed by atoms with van der Waals surface area (Å²) in [5.74, 6) is 0.665. The number of amides is 1. The fourth-order valence-corrected chi connectivity index (χ4v) is 1.65. The molecule has 0 aliphatic carbocycles. The van der Waals surface area contributed by atoms with Crippen molar-refractivity contribution in [3.05, 3.63) is 0 Å². The van der Waals surface area contributed by atoms with E-state index in [9.17, 15) is 4.79 Å². The summed E-state index contributed by atoms with van der Waals surface area (Å²) >= 11 is 0. The lowest BCUT2D eigenvalue weighted by atomic mass is 9.93. The van der Waals surface area contributed by atoms with Crippen LogP contribution in [0, 0.1) is 5.92 Å². The van der Waals surface area contributed by atoms with Gasteiger partial charge in [-0.05, 0) is 33.2 Å². The molecule has 0 atom stereocenters. The molecule has 0 rings (SSSR count). The van der Waals surface area contributed by atoms with Crippen LogP contribution < -0.4 is 10.6 Å². The van der Waals surface area contributed by atoms with Crippen LogP contribution in [0.2, 0.25) is 0 Å². The lowest BCUT2D eigenvalue weighted by Crippen LogP contribution is -2.47. The van der Waals surface area contributed by atoms with E-state index in [0.717, 1.165) is 6.42 Å². The van der Waals surface area contributed by atoms with Crippen molar-refractivity contribution < 1.29 is 4.79 Å². The number of hydrogen-bond acceptors (Lipinski definition) is 2. The van der Waals surface area contributed by atoms with Gasteiger partial charge in [-0.15, -0.1) is 0 Å². The van der Waals surface area contributed by atoms with Gasteiger partial charge in [-0.2, -0.15) is 0 Å². The molecule has 0 aromatic heterocycles. The Morgan fingerprint density at radius 3 is 2.31 bits per heavy atom. The Balaban J connectivity index is 3.93. The predicted octanol–water partition coefficient (Wildman–Crippen LogP) is 1.15. The van der Waals surface area contributed by atoms with Gasteiger partial charge < -0.3 is 10.6 Å². The summed E-state index contributed by atoms with van der Waals surface area (Å²) in [7, 11) is 1.77. The molecule has 1 amide bonds. The molecule has 0 fully saturated rings. The topological polar surface area (TPSA) is 41.1 Å². The van der Waals surface area contributed by atoms with Crippen molar-refractivity contribution in [3.8, 4) is 0 Å². The van der Waals surface area contributed by atoms with Crippen molar-refractivity contribution in [2.24, 2.45) is 5.92 Å². The number of rotatable bonds is 5. The fraction of sp³-hybridized carbons (Fsp3) is 0.900. The van der Waals surface area contributed by atoms with E-state index < -0.39 is 0 Å². The zero-order valence-electron chi connectivity index (χ0n) is 9.40. The maximum Gasteiger partial charge on any atom is 0.234 e. The van der Waals surface area contributed by atoms with Crippen LogP contribution in [0.15, 0.2) is 0 Å². The van der Waals surface area contributed by atoms with Crippen molar-refractivity contribution in [1.29, 1.82) is 0 Å². The summed E-state index contributed by atoms with van der Waals surface area (Å²) in [5, 5.41) is 5.82. The van der Waals surface area contributed by atoms with E-state index in [0.29, 0.717) is 12.5 Å². The normalized spacial score (nSPS) is 11.8. The van der Waals surface area contributed by atoms with Crippen molar-refractivity contribution in [1.82, 2.24) is 10.6 Å². The van der Waals surface area contributed by atoms with Crippen molar-refractivity contribution in [2.45, 2.75) is 39.7 Å². The van der Waals surface area contributed by atoms with Crippen LogP contribution in [0.4, 0.5) is 0 Å². The maximum absolute atomic E-state index is 11.3. The van der Waals surface area contributed by atoms with Gasteiger partial charge in [0.15, 0.2) is 0 Å². The second kappa shape index (κ2) is 5.22. The highest BCUT2D eigenvalue weighted by Gasteiger charge is 2.20. The molecule has 3 heteroatoms. The highest BCUT2D eigenvalue weighted by Crippen LogP contribution is 2.14. The molecule has 3 nitrogen and oxygen atoms in total. The van der Waals surface area contributed by atoms with Gasteiger partial charge in [-0.1, -0.05) is 13.8 Å². The average molecular weight is 186 g/mol. The molecular formula is C10H22N2O.